The third-order valence-corrected chi connectivity index (χ3v) is 2.78. The average molecular weight is 196 g/mol. The Bertz CT molecular complexity index is 323. The first-order valence-corrected chi connectivity index (χ1v) is 4.63. The molecule has 0 aromatic heterocycles. The van der Waals surface area contributed by atoms with Gasteiger partial charge in [0, 0.05) is 5.92 Å². The van der Waals surface area contributed by atoms with E-state index in [0.717, 1.165) is 6.42 Å². The topological polar surface area (TPSA) is 32.6 Å². The van der Waals surface area contributed by atoms with E-state index in [1.165, 1.54) is 5.56 Å². The molecule has 2 atom stereocenters. The third-order valence-electron chi connectivity index (χ3n) is 2.42. The molecule has 2 rings (SSSR count). The van der Waals surface area contributed by atoms with Crippen LogP contribution in [0.3, 0.4) is 0 Å². The van der Waals surface area contributed by atoms with Crippen molar-refractivity contribution < 1.29 is 5.21 Å². The van der Waals surface area contributed by atoms with Crippen LogP contribution >= 0.6 is 11.6 Å². The fourth-order valence-corrected chi connectivity index (χ4v) is 1.84. The summed E-state index contributed by atoms with van der Waals surface area (Å²) >= 11 is 5.71. The number of hydrogen-bond donors (Lipinski definition) is 1. The van der Waals surface area contributed by atoms with Gasteiger partial charge >= 0.3 is 0 Å². The second kappa shape index (κ2) is 3.38. The first-order valence-electron chi connectivity index (χ1n) is 4.25. The Kier molecular flexibility index (Phi) is 2.23. The van der Waals surface area contributed by atoms with Crippen molar-refractivity contribution in [3.8, 4) is 0 Å². The van der Waals surface area contributed by atoms with E-state index in [4.69, 9.17) is 16.8 Å². The van der Waals surface area contributed by atoms with Gasteiger partial charge in [0.1, 0.15) is 5.17 Å². The molecule has 1 aromatic rings. The highest BCUT2D eigenvalue weighted by atomic mass is 35.5. The first-order chi connectivity index (χ1) is 6.33. The van der Waals surface area contributed by atoms with E-state index in [-0.39, 0.29) is 5.92 Å². The molecule has 1 aromatic carbocycles. The van der Waals surface area contributed by atoms with Crippen LogP contribution < -0.4 is 0 Å². The van der Waals surface area contributed by atoms with Gasteiger partial charge in [-0.05, 0) is 17.9 Å². The highest BCUT2D eigenvalue weighted by Gasteiger charge is 2.41. The molecule has 1 aliphatic rings. The van der Waals surface area contributed by atoms with Crippen molar-refractivity contribution in [3.63, 3.8) is 0 Å². The molecule has 0 unspecified atom stereocenters. The quantitative estimate of drug-likeness (QED) is 0.439. The van der Waals surface area contributed by atoms with E-state index in [0.29, 0.717) is 11.1 Å². The fraction of sp³-hybridized carbons (Fsp3) is 0.300. The standard InChI is InChI=1S/C10H10ClNO/c11-10(12-13)9-6-8(9)7-4-2-1-3-5-7/h1-5,8-9,13H,6H2/t8-,9+/m0/s1. The summed E-state index contributed by atoms with van der Waals surface area (Å²) in [6, 6.07) is 10.2. The van der Waals surface area contributed by atoms with Crippen molar-refractivity contribution in [2.45, 2.75) is 12.3 Å². The van der Waals surface area contributed by atoms with E-state index in [9.17, 15) is 0 Å². The molecular weight excluding hydrogens is 186 g/mol. The van der Waals surface area contributed by atoms with Crippen LogP contribution in [0.5, 0.6) is 0 Å². The normalized spacial score (nSPS) is 27.3. The molecule has 0 aliphatic heterocycles. The summed E-state index contributed by atoms with van der Waals surface area (Å²) in [6.45, 7) is 0. The molecular formula is C10H10ClNO. The molecule has 0 saturated heterocycles. The number of oxime groups is 1. The third kappa shape index (κ3) is 1.68. The Morgan fingerprint density at radius 2 is 2.08 bits per heavy atom. The number of rotatable bonds is 2. The van der Waals surface area contributed by atoms with Gasteiger partial charge in [0.05, 0.1) is 0 Å². The zero-order chi connectivity index (χ0) is 9.26. The van der Waals surface area contributed by atoms with Crippen LogP contribution in [-0.4, -0.2) is 10.4 Å². The van der Waals surface area contributed by atoms with Gasteiger partial charge in [0.2, 0.25) is 0 Å². The predicted octanol–water partition coefficient (Wildman–Crippen LogP) is 2.82. The van der Waals surface area contributed by atoms with Crippen molar-refractivity contribution in [1.82, 2.24) is 0 Å². The van der Waals surface area contributed by atoms with E-state index in [1.54, 1.807) is 0 Å². The van der Waals surface area contributed by atoms with E-state index in [1.807, 2.05) is 18.2 Å². The molecule has 0 radical (unpaired) electrons. The molecule has 0 spiro atoms. The lowest BCUT2D eigenvalue weighted by Crippen LogP contribution is -1.92. The van der Waals surface area contributed by atoms with Gasteiger partial charge < -0.3 is 5.21 Å². The minimum Gasteiger partial charge on any atom is -0.410 e. The summed E-state index contributed by atoms with van der Waals surface area (Å²) in [4.78, 5) is 0. The minimum atomic E-state index is 0.231. The Morgan fingerprint density at radius 1 is 1.38 bits per heavy atom. The number of halogens is 1. The van der Waals surface area contributed by atoms with Crippen LogP contribution in [0.15, 0.2) is 35.5 Å². The molecule has 68 valence electrons. The van der Waals surface area contributed by atoms with Crippen LogP contribution in [0.4, 0.5) is 0 Å². The molecule has 0 amide bonds. The number of nitrogens with zero attached hydrogens (tertiary/aromatic N) is 1. The maximum atomic E-state index is 8.47. The average Bonchev–Trinajstić information content (AvgIpc) is 2.98. The van der Waals surface area contributed by atoms with Gasteiger partial charge in [-0.25, -0.2) is 0 Å². The zero-order valence-electron chi connectivity index (χ0n) is 7.02. The largest absolute Gasteiger partial charge is 0.410 e. The minimum absolute atomic E-state index is 0.231. The number of benzene rings is 1. The van der Waals surface area contributed by atoms with Gasteiger partial charge in [-0.2, -0.15) is 0 Å². The SMILES string of the molecule is ON=C(Cl)[C@@H]1C[C@H]1c1ccccc1. The first kappa shape index (κ1) is 8.57. The molecule has 1 fully saturated rings. The van der Waals surface area contributed by atoms with Gasteiger partial charge in [-0.15, -0.1) is 0 Å². The van der Waals surface area contributed by atoms with Crippen molar-refractivity contribution in [2.75, 3.05) is 0 Å². The maximum absolute atomic E-state index is 8.47. The summed E-state index contributed by atoms with van der Waals surface area (Å²) in [7, 11) is 0. The van der Waals surface area contributed by atoms with Gasteiger partial charge in [-0.3, -0.25) is 0 Å². The highest BCUT2D eigenvalue weighted by molar-refractivity contribution is 6.66. The molecule has 2 nitrogen and oxygen atoms in total. The second-order valence-corrected chi connectivity index (χ2v) is 3.67. The van der Waals surface area contributed by atoms with Crippen LogP contribution in [-0.2, 0) is 0 Å². The summed E-state index contributed by atoms with van der Waals surface area (Å²) in [5, 5.41) is 11.8. The monoisotopic (exact) mass is 195 g/mol. The molecule has 0 heterocycles. The molecule has 13 heavy (non-hydrogen) atoms. The van der Waals surface area contributed by atoms with Gasteiger partial charge in [0.15, 0.2) is 0 Å². The predicted molar refractivity (Wildman–Crippen MR) is 52.4 cm³/mol. The molecule has 1 N–H and O–H groups in total. The Hall–Kier alpha value is -1.02. The lowest BCUT2D eigenvalue weighted by Gasteiger charge is -1.96. The smallest absolute Gasteiger partial charge is 0.149 e. The lowest BCUT2D eigenvalue weighted by molar-refractivity contribution is 0.319. The van der Waals surface area contributed by atoms with Crippen molar-refractivity contribution in [1.29, 1.82) is 0 Å². The van der Waals surface area contributed by atoms with E-state index in [2.05, 4.69) is 17.3 Å². The van der Waals surface area contributed by atoms with Crippen LogP contribution in [0.1, 0.15) is 17.9 Å². The summed E-state index contributed by atoms with van der Waals surface area (Å²) in [5.41, 5.74) is 1.27. The highest BCUT2D eigenvalue weighted by Crippen LogP contribution is 2.48. The van der Waals surface area contributed by atoms with Crippen molar-refractivity contribution >= 4 is 16.8 Å². The molecule has 3 heteroatoms. The van der Waals surface area contributed by atoms with Gasteiger partial charge in [-0.1, -0.05) is 47.1 Å². The van der Waals surface area contributed by atoms with Crippen LogP contribution in [0, 0.1) is 5.92 Å². The Balaban J connectivity index is 2.09. The van der Waals surface area contributed by atoms with Crippen LogP contribution in [0.25, 0.3) is 0 Å². The fourth-order valence-electron chi connectivity index (χ4n) is 1.60. The summed E-state index contributed by atoms with van der Waals surface area (Å²) in [6.07, 6.45) is 0.993. The van der Waals surface area contributed by atoms with Crippen LogP contribution in [0.2, 0.25) is 0 Å². The van der Waals surface area contributed by atoms with E-state index >= 15 is 0 Å². The van der Waals surface area contributed by atoms with Gasteiger partial charge in [0.25, 0.3) is 0 Å². The zero-order valence-corrected chi connectivity index (χ0v) is 7.78. The maximum Gasteiger partial charge on any atom is 0.149 e. The second-order valence-electron chi connectivity index (χ2n) is 3.28. The van der Waals surface area contributed by atoms with Crippen molar-refractivity contribution in [2.24, 2.45) is 11.1 Å². The Labute approximate surface area is 81.8 Å². The molecule has 1 aliphatic carbocycles. The lowest BCUT2D eigenvalue weighted by atomic mass is 10.1. The molecule has 0 bridgehead atoms. The summed E-state index contributed by atoms with van der Waals surface area (Å²) in [5.74, 6) is 0.679. The van der Waals surface area contributed by atoms with Crippen molar-refractivity contribution in [3.05, 3.63) is 35.9 Å². The summed E-state index contributed by atoms with van der Waals surface area (Å²) < 4.78 is 0. The number of hydrogen-bond acceptors (Lipinski definition) is 2. The van der Waals surface area contributed by atoms with E-state index < -0.39 is 0 Å². The molecule has 1 saturated carbocycles. The Morgan fingerprint density at radius 3 is 2.69 bits per heavy atom.